The number of anilines is 2. The summed E-state index contributed by atoms with van der Waals surface area (Å²) in [4.78, 5) is 3.86. The fourth-order valence-corrected chi connectivity index (χ4v) is 2.92. The summed E-state index contributed by atoms with van der Waals surface area (Å²) in [7, 11) is 0. The van der Waals surface area contributed by atoms with Crippen molar-refractivity contribution in [3.05, 3.63) is 17.8 Å². The zero-order valence-electron chi connectivity index (χ0n) is 13.8. The van der Waals surface area contributed by atoms with Crippen LogP contribution in [-0.4, -0.2) is 55.8 Å². The van der Waals surface area contributed by atoms with E-state index in [1.54, 1.807) is 6.07 Å². The van der Waals surface area contributed by atoms with Gasteiger partial charge in [-0.25, -0.2) is 4.52 Å². The molecule has 4 atom stereocenters. The molecule has 10 nitrogen and oxygen atoms in total. The Morgan fingerprint density at radius 3 is 2.80 bits per heavy atom. The predicted octanol–water partition coefficient (Wildman–Crippen LogP) is -0.842. The van der Waals surface area contributed by atoms with E-state index in [0.29, 0.717) is 5.52 Å². The van der Waals surface area contributed by atoms with Gasteiger partial charge in [0, 0.05) is 0 Å². The van der Waals surface area contributed by atoms with Crippen molar-refractivity contribution < 1.29 is 19.7 Å². The minimum Gasteiger partial charge on any atom is -0.387 e. The molecule has 1 aliphatic rings. The fourth-order valence-electron chi connectivity index (χ4n) is 2.92. The number of nitriles is 1. The molecular weight excluding hydrogens is 328 g/mol. The largest absolute Gasteiger partial charge is 0.387 e. The van der Waals surface area contributed by atoms with Gasteiger partial charge in [0.05, 0.1) is 18.4 Å². The highest BCUT2D eigenvalue weighted by molar-refractivity contribution is 5.67. The standard InChI is InChI=1S/C15H20N6O4/c1-7(2)24-5-9-11(22)12(23)15(6-16,25-9)10-4-3-8-13(17)19-14(18)20-21(8)10/h3-4,7,9,11-12,22-23H,5H2,1-2H3,(H4,17,18,19,20). The highest BCUT2D eigenvalue weighted by atomic mass is 16.6. The van der Waals surface area contributed by atoms with Gasteiger partial charge in [0.25, 0.3) is 0 Å². The Kier molecular flexibility index (Phi) is 4.26. The number of nitrogen functional groups attached to an aromatic ring is 2. The van der Waals surface area contributed by atoms with Crippen LogP contribution in [0, 0.1) is 11.3 Å². The molecule has 3 rings (SSSR count). The van der Waals surface area contributed by atoms with Gasteiger partial charge in [-0.3, -0.25) is 0 Å². The maximum Gasteiger partial charge on any atom is 0.240 e. The van der Waals surface area contributed by atoms with E-state index in [1.807, 2.05) is 19.9 Å². The van der Waals surface area contributed by atoms with E-state index < -0.39 is 23.9 Å². The van der Waals surface area contributed by atoms with Gasteiger partial charge in [-0.1, -0.05) is 0 Å². The first-order chi connectivity index (χ1) is 11.8. The number of aliphatic hydroxyl groups excluding tert-OH is 2. The van der Waals surface area contributed by atoms with Crippen LogP contribution in [0.15, 0.2) is 12.1 Å². The summed E-state index contributed by atoms with van der Waals surface area (Å²) in [6.45, 7) is 3.69. The number of fused-ring (bicyclic) bond motifs is 1. The lowest BCUT2D eigenvalue weighted by Gasteiger charge is -2.24. The topological polar surface area (TPSA) is 165 Å². The Balaban J connectivity index is 2.06. The van der Waals surface area contributed by atoms with Crippen molar-refractivity contribution in [3.63, 3.8) is 0 Å². The molecule has 1 aliphatic heterocycles. The zero-order valence-corrected chi connectivity index (χ0v) is 13.8. The van der Waals surface area contributed by atoms with Crippen LogP contribution in [0.25, 0.3) is 5.52 Å². The number of aromatic nitrogens is 3. The third kappa shape index (κ3) is 2.67. The molecule has 0 aromatic carbocycles. The molecule has 2 aromatic heterocycles. The molecule has 0 amide bonds. The smallest absolute Gasteiger partial charge is 0.240 e. The first-order valence-corrected chi connectivity index (χ1v) is 7.78. The molecule has 1 saturated heterocycles. The van der Waals surface area contributed by atoms with Gasteiger partial charge in [-0.2, -0.15) is 10.2 Å². The quantitative estimate of drug-likeness (QED) is 0.551. The van der Waals surface area contributed by atoms with Gasteiger partial charge in [-0.05, 0) is 26.0 Å². The summed E-state index contributed by atoms with van der Waals surface area (Å²) in [5.74, 6) is 0.0304. The summed E-state index contributed by atoms with van der Waals surface area (Å²) in [6, 6.07) is 5.08. The number of nitrogens with two attached hydrogens (primary N) is 2. The van der Waals surface area contributed by atoms with E-state index in [-0.39, 0.29) is 30.2 Å². The third-order valence-corrected chi connectivity index (χ3v) is 4.15. The molecule has 4 unspecified atom stereocenters. The first kappa shape index (κ1) is 17.4. The average Bonchev–Trinajstić information content (AvgIpc) is 3.08. The zero-order chi connectivity index (χ0) is 18.4. The molecule has 0 aliphatic carbocycles. The molecule has 1 fully saturated rings. The summed E-state index contributed by atoms with van der Waals surface area (Å²) in [5.41, 5.74) is 10.2. The Bertz CT molecular complexity index is 831. The van der Waals surface area contributed by atoms with Gasteiger partial charge in [0.2, 0.25) is 11.5 Å². The molecule has 2 aromatic rings. The Morgan fingerprint density at radius 1 is 1.44 bits per heavy atom. The number of ether oxygens (including phenoxy) is 2. The van der Waals surface area contributed by atoms with Crippen LogP contribution < -0.4 is 11.5 Å². The molecule has 3 heterocycles. The van der Waals surface area contributed by atoms with Crippen LogP contribution in [0.2, 0.25) is 0 Å². The molecule has 25 heavy (non-hydrogen) atoms. The maximum atomic E-state index is 10.5. The summed E-state index contributed by atoms with van der Waals surface area (Å²) in [5, 5.41) is 34.7. The molecule has 0 spiro atoms. The number of hydrogen-bond acceptors (Lipinski definition) is 9. The summed E-state index contributed by atoms with van der Waals surface area (Å²) >= 11 is 0. The lowest BCUT2D eigenvalue weighted by molar-refractivity contribution is -0.0846. The van der Waals surface area contributed by atoms with Gasteiger partial charge >= 0.3 is 0 Å². The number of nitrogens with zero attached hydrogens (tertiary/aromatic N) is 4. The van der Waals surface area contributed by atoms with Crippen molar-refractivity contribution in [1.82, 2.24) is 14.6 Å². The highest BCUT2D eigenvalue weighted by Gasteiger charge is 2.57. The molecule has 0 saturated carbocycles. The molecule has 134 valence electrons. The molecule has 0 radical (unpaired) electrons. The predicted molar refractivity (Wildman–Crippen MR) is 87.1 cm³/mol. The van der Waals surface area contributed by atoms with E-state index in [4.69, 9.17) is 20.9 Å². The Hall–Kier alpha value is -2.45. The molecule has 10 heteroatoms. The van der Waals surface area contributed by atoms with Crippen LogP contribution in [0.4, 0.5) is 11.8 Å². The number of rotatable bonds is 4. The van der Waals surface area contributed by atoms with Crippen molar-refractivity contribution in [2.75, 3.05) is 18.1 Å². The second-order valence-electron chi connectivity index (χ2n) is 6.19. The number of hydrogen-bond donors (Lipinski definition) is 4. The second-order valence-corrected chi connectivity index (χ2v) is 6.19. The molecule has 6 N–H and O–H groups in total. The van der Waals surface area contributed by atoms with Crippen molar-refractivity contribution in [3.8, 4) is 6.07 Å². The minimum atomic E-state index is -1.84. The maximum absolute atomic E-state index is 10.5. The molecule has 0 bridgehead atoms. The highest BCUT2D eigenvalue weighted by Crippen LogP contribution is 2.40. The Labute approximate surface area is 143 Å². The van der Waals surface area contributed by atoms with Gasteiger partial charge in [0.1, 0.15) is 29.9 Å². The van der Waals surface area contributed by atoms with Crippen molar-refractivity contribution in [2.24, 2.45) is 0 Å². The summed E-state index contributed by atoms with van der Waals surface area (Å²) in [6.07, 6.45) is -3.78. The second kappa shape index (κ2) is 6.12. The summed E-state index contributed by atoms with van der Waals surface area (Å²) < 4.78 is 12.5. The third-order valence-electron chi connectivity index (χ3n) is 4.15. The van der Waals surface area contributed by atoms with Crippen LogP contribution in [0.3, 0.4) is 0 Å². The average molecular weight is 348 g/mol. The van der Waals surface area contributed by atoms with Crippen LogP contribution in [0.1, 0.15) is 19.5 Å². The normalized spacial score (nSPS) is 29.4. The Morgan fingerprint density at radius 2 is 2.16 bits per heavy atom. The minimum absolute atomic E-state index is 0.0297. The van der Waals surface area contributed by atoms with E-state index >= 15 is 0 Å². The number of aliphatic hydroxyl groups is 2. The first-order valence-electron chi connectivity index (χ1n) is 7.78. The van der Waals surface area contributed by atoms with E-state index in [1.165, 1.54) is 10.6 Å². The van der Waals surface area contributed by atoms with Crippen molar-refractivity contribution in [2.45, 2.75) is 43.9 Å². The van der Waals surface area contributed by atoms with E-state index in [0.717, 1.165) is 0 Å². The van der Waals surface area contributed by atoms with Crippen molar-refractivity contribution >= 4 is 17.3 Å². The van der Waals surface area contributed by atoms with Gasteiger partial charge < -0.3 is 31.2 Å². The van der Waals surface area contributed by atoms with Crippen LogP contribution in [0.5, 0.6) is 0 Å². The van der Waals surface area contributed by atoms with Crippen molar-refractivity contribution in [1.29, 1.82) is 5.26 Å². The van der Waals surface area contributed by atoms with Crippen LogP contribution >= 0.6 is 0 Å². The fraction of sp³-hybridized carbons (Fsp3) is 0.533. The van der Waals surface area contributed by atoms with E-state index in [9.17, 15) is 15.5 Å². The lowest BCUT2D eigenvalue weighted by Crippen LogP contribution is -2.41. The van der Waals surface area contributed by atoms with Gasteiger partial charge in [0.15, 0.2) is 5.82 Å². The van der Waals surface area contributed by atoms with E-state index in [2.05, 4.69) is 10.1 Å². The monoisotopic (exact) mass is 348 g/mol. The molecular formula is C15H20N6O4. The lowest BCUT2D eigenvalue weighted by atomic mass is 9.92. The van der Waals surface area contributed by atoms with Gasteiger partial charge in [-0.15, -0.1) is 5.10 Å². The van der Waals surface area contributed by atoms with Crippen LogP contribution in [-0.2, 0) is 15.1 Å². The SMILES string of the molecule is CC(C)OCC1OC(C#N)(c2ccc3c(N)nc(N)nn23)C(O)C1O.